The topological polar surface area (TPSA) is 32.8 Å². The van der Waals surface area contributed by atoms with E-state index in [9.17, 15) is 4.79 Å². The number of carbonyl (C=O) groups excluding carboxylic acids is 1. The molecule has 3 rings (SSSR count). The molecule has 1 aromatic rings. The second-order valence-corrected chi connectivity index (χ2v) is 6.51. The van der Waals surface area contributed by atoms with Gasteiger partial charge in [-0.1, -0.05) is 29.8 Å². The van der Waals surface area contributed by atoms with Crippen LogP contribution in [-0.4, -0.2) is 48.1 Å². The van der Waals surface area contributed by atoms with Crippen molar-refractivity contribution in [2.45, 2.75) is 38.3 Å². The Morgan fingerprint density at radius 1 is 1.14 bits per heavy atom. The maximum atomic E-state index is 12.2. The molecular weight excluding hydrogens is 300 g/mol. The van der Waals surface area contributed by atoms with E-state index < -0.39 is 0 Å². The molecule has 2 aliphatic rings. The molecule has 22 heavy (non-hydrogen) atoms. The number of ether oxygens (including phenoxy) is 1. The van der Waals surface area contributed by atoms with Gasteiger partial charge in [-0.3, -0.25) is 0 Å². The normalized spacial score (nSPS) is 20.3. The first-order chi connectivity index (χ1) is 10.7. The van der Waals surface area contributed by atoms with Crippen LogP contribution in [0.15, 0.2) is 24.3 Å². The van der Waals surface area contributed by atoms with Gasteiger partial charge in [0, 0.05) is 29.7 Å². The summed E-state index contributed by atoms with van der Waals surface area (Å²) in [6.45, 7) is 4.28. The lowest BCUT2D eigenvalue weighted by Gasteiger charge is -2.36. The van der Waals surface area contributed by atoms with Crippen molar-refractivity contribution in [2.75, 3.05) is 26.2 Å². The summed E-state index contributed by atoms with van der Waals surface area (Å²) in [6, 6.07) is 8.12. The van der Waals surface area contributed by atoms with Gasteiger partial charge in [-0.25, -0.2) is 4.79 Å². The number of rotatable bonds is 3. The Morgan fingerprint density at radius 3 is 2.50 bits per heavy atom. The molecule has 0 atom stereocenters. The fourth-order valence-electron chi connectivity index (χ4n) is 3.37. The number of piperidine rings is 1. The molecule has 0 bridgehead atoms. The van der Waals surface area contributed by atoms with Gasteiger partial charge in [0.25, 0.3) is 0 Å². The molecule has 0 aromatic heterocycles. The third-order valence-electron chi connectivity index (χ3n) is 4.69. The molecule has 0 N–H and O–H groups in total. The van der Waals surface area contributed by atoms with E-state index in [1.165, 1.54) is 25.9 Å². The van der Waals surface area contributed by atoms with E-state index in [4.69, 9.17) is 16.3 Å². The highest BCUT2D eigenvalue weighted by atomic mass is 35.5. The van der Waals surface area contributed by atoms with E-state index in [0.29, 0.717) is 11.1 Å². The Morgan fingerprint density at radius 2 is 1.82 bits per heavy atom. The Kier molecular flexibility index (Phi) is 5.21. The van der Waals surface area contributed by atoms with Crippen molar-refractivity contribution >= 4 is 17.7 Å². The van der Waals surface area contributed by atoms with Crippen molar-refractivity contribution in [3.05, 3.63) is 34.9 Å². The van der Waals surface area contributed by atoms with Crippen molar-refractivity contribution in [3.8, 4) is 0 Å². The van der Waals surface area contributed by atoms with Gasteiger partial charge in [0.1, 0.15) is 6.61 Å². The fraction of sp³-hybridized carbons (Fsp3) is 0.588. The molecule has 1 amide bonds. The second-order valence-electron chi connectivity index (χ2n) is 6.11. The highest BCUT2D eigenvalue weighted by molar-refractivity contribution is 6.31. The predicted octanol–water partition coefficient (Wildman–Crippen LogP) is 3.54. The zero-order valence-corrected chi connectivity index (χ0v) is 13.6. The Balaban J connectivity index is 1.45. The molecule has 1 aromatic carbocycles. The monoisotopic (exact) mass is 322 g/mol. The summed E-state index contributed by atoms with van der Waals surface area (Å²) in [7, 11) is 0. The Hall–Kier alpha value is -1.26. The molecule has 5 heteroatoms. The summed E-state index contributed by atoms with van der Waals surface area (Å²) in [5, 5.41) is 0.642. The average Bonchev–Trinajstić information content (AvgIpc) is 3.08. The molecule has 2 fully saturated rings. The average molecular weight is 323 g/mol. The van der Waals surface area contributed by atoms with Gasteiger partial charge in [-0.15, -0.1) is 0 Å². The van der Waals surface area contributed by atoms with Crippen molar-refractivity contribution in [1.82, 2.24) is 9.80 Å². The minimum Gasteiger partial charge on any atom is -0.444 e. The zero-order chi connectivity index (χ0) is 15.4. The van der Waals surface area contributed by atoms with Gasteiger partial charge in [-0.05, 0) is 44.8 Å². The van der Waals surface area contributed by atoms with E-state index in [1.54, 1.807) is 0 Å². The Bertz CT molecular complexity index is 509. The first kappa shape index (κ1) is 15.6. The second kappa shape index (κ2) is 7.34. The molecule has 120 valence electrons. The summed E-state index contributed by atoms with van der Waals surface area (Å²) in [5.74, 6) is 0. The number of nitrogens with zero attached hydrogens (tertiary/aromatic N) is 2. The number of benzene rings is 1. The van der Waals surface area contributed by atoms with Crippen LogP contribution in [0.1, 0.15) is 31.2 Å². The molecule has 4 nitrogen and oxygen atoms in total. The Labute approximate surface area is 137 Å². The SMILES string of the molecule is O=C(OCc1ccccc1Cl)N1CCC(N2CCCC2)CC1. The number of halogens is 1. The number of carbonyl (C=O) groups is 1. The van der Waals surface area contributed by atoms with Gasteiger partial charge >= 0.3 is 6.09 Å². The molecule has 0 aliphatic carbocycles. The molecule has 0 unspecified atom stereocenters. The van der Waals surface area contributed by atoms with Crippen LogP contribution in [0.5, 0.6) is 0 Å². The smallest absolute Gasteiger partial charge is 0.410 e. The number of likely N-dealkylation sites (tertiary alicyclic amines) is 2. The van der Waals surface area contributed by atoms with Gasteiger partial charge < -0.3 is 14.5 Å². The maximum Gasteiger partial charge on any atom is 0.410 e. The quantitative estimate of drug-likeness (QED) is 0.853. The summed E-state index contributed by atoms with van der Waals surface area (Å²) in [5.41, 5.74) is 0.851. The fourth-order valence-corrected chi connectivity index (χ4v) is 3.56. The summed E-state index contributed by atoms with van der Waals surface area (Å²) < 4.78 is 5.40. The number of amides is 1. The van der Waals surface area contributed by atoms with Crippen molar-refractivity contribution < 1.29 is 9.53 Å². The zero-order valence-electron chi connectivity index (χ0n) is 12.8. The van der Waals surface area contributed by atoms with Crippen LogP contribution in [0.25, 0.3) is 0 Å². The molecule has 0 spiro atoms. The van der Waals surface area contributed by atoms with E-state index in [1.807, 2.05) is 29.2 Å². The van der Waals surface area contributed by atoms with E-state index in [2.05, 4.69) is 4.90 Å². The molecule has 2 aliphatic heterocycles. The van der Waals surface area contributed by atoms with Gasteiger partial charge in [0.15, 0.2) is 0 Å². The number of hydrogen-bond donors (Lipinski definition) is 0. The lowest BCUT2D eigenvalue weighted by Crippen LogP contribution is -2.46. The minimum atomic E-state index is -0.222. The highest BCUT2D eigenvalue weighted by Crippen LogP contribution is 2.22. The van der Waals surface area contributed by atoms with Gasteiger partial charge in [0.2, 0.25) is 0 Å². The van der Waals surface area contributed by atoms with Crippen LogP contribution in [-0.2, 0) is 11.3 Å². The minimum absolute atomic E-state index is 0.222. The molecule has 0 saturated carbocycles. The van der Waals surface area contributed by atoms with Crippen LogP contribution < -0.4 is 0 Å². The molecule has 0 radical (unpaired) electrons. The number of hydrogen-bond acceptors (Lipinski definition) is 3. The maximum absolute atomic E-state index is 12.2. The first-order valence-corrected chi connectivity index (χ1v) is 8.51. The van der Waals surface area contributed by atoms with Crippen molar-refractivity contribution in [1.29, 1.82) is 0 Å². The third-order valence-corrected chi connectivity index (χ3v) is 5.06. The van der Waals surface area contributed by atoms with E-state index in [0.717, 1.165) is 31.5 Å². The molecule has 2 heterocycles. The van der Waals surface area contributed by atoms with Crippen LogP contribution in [0.2, 0.25) is 5.02 Å². The summed E-state index contributed by atoms with van der Waals surface area (Å²) in [6.07, 6.45) is 4.53. The van der Waals surface area contributed by atoms with Crippen LogP contribution in [0.3, 0.4) is 0 Å². The summed E-state index contributed by atoms with van der Waals surface area (Å²) >= 11 is 6.07. The van der Waals surface area contributed by atoms with E-state index in [-0.39, 0.29) is 12.7 Å². The van der Waals surface area contributed by atoms with Crippen LogP contribution >= 0.6 is 11.6 Å². The lowest BCUT2D eigenvalue weighted by molar-refractivity contribution is 0.0727. The molecule has 2 saturated heterocycles. The third kappa shape index (κ3) is 3.73. The highest BCUT2D eigenvalue weighted by Gasteiger charge is 2.28. The predicted molar refractivity (Wildman–Crippen MR) is 87.0 cm³/mol. The summed E-state index contributed by atoms with van der Waals surface area (Å²) in [4.78, 5) is 16.6. The lowest BCUT2D eigenvalue weighted by atomic mass is 10.0. The van der Waals surface area contributed by atoms with Gasteiger partial charge in [-0.2, -0.15) is 0 Å². The largest absolute Gasteiger partial charge is 0.444 e. The van der Waals surface area contributed by atoms with Crippen molar-refractivity contribution in [2.24, 2.45) is 0 Å². The van der Waals surface area contributed by atoms with Crippen LogP contribution in [0, 0.1) is 0 Å². The standard InChI is InChI=1S/C17H23ClN2O2/c18-16-6-2-1-5-14(16)13-22-17(21)20-11-7-15(8-12-20)19-9-3-4-10-19/h1-2,5-6,15H,3-4,7-13H2. The van der Waals surface area contributed by atoms with Crippen molar-refractivity contribution in [3.63, 3.8) is 0 Å². The van der Waals surface area contributed by atoms with Gasteiger partial charge in [0.05, 0.1) is 0 Å². The molecular formula is C17H23ClN2O2. The van der Waals surface area contributed by atoms with Crippen LogP contribution in [0.4, 0.5) is 4.79 Å². The first-order valence-electron chi connectivity index (χ1n) is 8.13. The van der Waals surface area contributed by atoms with E-state index >= 15 is 0 Å².